The molecule has 2 unspecified atom stereocenters. The smallest absolute Gasteiger partial charge is 0.0593 e. The second-order valence-corrected chi connectivity index (χ2v) is 4.40. The van der Waals surface area contributed by atoms with Crippen LogP contribution in [0.15, 0.2) is 0 Å². The maximum absolute atomic E-state index is 5.49. The first kappa shape index (κ1) is 10.4. The molecule has 82 valence electrons. The van der Waals surface area contributed by atoms with Crippen LogP contribution in [0.25, 0.3) is 0 Å². The third kappa shape index (κ3) is 2.27. The zero-order valence-corrected chi connectivity index (χ0v) is 9.17. The monoisotopic (exact) mass is 198 g/mol. The maximum Gasteiger partial charge on any atom is 0.0593 e. The number of hydrogen-bond donors (Lipinski definition) is 1. The Morgan fingerprint density at radius 2 is 2.07 bits per heavy atom. The quantitative estimate of drug-likeness (QED) is 0.712. The molecule has 2 rings (SSSR count). The first-order chi connectivity index (χ1) is 6.92. The van der Waals surface area contributed by atoms with Gasteiger partial charge >= 0.3 is 0 Å². The van der Waals surface area contributed by atoms with E-state index < -0.39 is 0 Å². The summed E-state index contributed by atoms with van der Waals surface area (Å²) in [5, 5.41) is 3.45. The molecule has 14 heavy (non-hydrogen) atoms. The van der Waals surface area contributed by atoms with Crippen LogP contribution >= 0.6 is 0 Å². The van der Waals surface area contributed by atoms with Crippen molar-refractivity contribution in [1.82, 2.24) is 10.2 Å². The number of nitrogens with one attached hydrogen (secondary N) is 1. The Hall–Kier alpha value is -0.120. The summed E-state index contributed by atoms with van der Waals surface area (Å²) in [5.41, 5.74) is 0. The van der Waals surface area contributed by atoms with Crippen molar-refractivity contribution in [2.45, 2.75) is 37.8 Å². The highest BCUT2D eigenvalue weighted by molar-refractivity contribution is 4.89. The van der Waals surface area contributed by atoms with E-state index in [9.17, 15) is 0 Å². The van der Waals surface area contributed by atoms with E-state index in [4.69, 9.17) is 4.74 Å². The molecule has 1 heterocycles. The van der Waals surface area contributed by atoms with Crippen LogP contribution in [0.5, 0.6) is 0 Å². The van der Waals surface area contributed by atoms with Gasteiger partial charge < -0.3 is 10.1 Å². The molecule has 3 nitrogen and oxygen atoms in total. The van der Waals surface area contributed by atoms with E-state index in [1.165, 1.54) is 32.2 Å². The molecule has 2 aliphatic rings. The number of nitrogens with zero attached hydrogens (tertiary/aromatic N) is 1. The predicted molar refractivity (Wildman–Crippen MR) is 57.5 cm³/mol. The van der Waals surface area contributed by atoms with E-state index in [1.54, 1.807) is 0 Å². The summed E-state index contributed by atoms with van der Waals surface area (Å²) >= 11 is 0. The summed E-state index contributed by atoms with van der Waals surface area (Å²) in [5.74, 6) is 0. The fourth-order valence-electron chi connectivity index (χ4n) is 2.81. The summed E-state index contributed by atoms with van der Waals surface area (Å²) in [7, 11) is 2.09. The summed E-state index contributed by atoms with van der Waals surface area (Å²) < 4.78 is 5.49. The van der Waals surface area contributed by atoms with Crippen molar-refractivity contribution in [1.29, 1.82) is 0 Å². The molecule has 0 aromatic carbocycles. The lowest BCUT2D eigenvalue weighted by molar-refractivity contribution is 0.127. The van der Waals surface area contributed by atoms with Gasteiger partial charge in [0, 0.05) is 31.8 Å². The molecule has 0 radical (unpaired) electrons. The Kier molecular flexibility index (Phi) is 3.79. The van der Waals surface area contributed by atoms with Gasteiger partial charge in [0.15, 0.2) is 0 Å². The molecule has 1 aliphatic heterocycles. The lowest BCUT2D eigenvalue weighted by atomic mass is 10.1. The van der Waals surface area contributed by atoms with Crippen LogP contribution in [-0.2, 0) is 4.74 Å². The highest BCUT2D eigenvalue weighted by Crippen LogP contribution is 2.24. The van der Waals surface area contributed by atoms with Crippen molar-refractivity contribution in [2.75, 3.05) is 33.4 Å². The van der Waals surface area contributed by atoms with Crippen LogP contribution in [-0.4, -0.2) is 50.3 Å². The van der Waals surface area contributed by atoms with Crippen molar-refractivity contribution in [3.8, 4) is 0 Å². The third-order valence-electron chi connectivity index (χ3n) is 3.58. The lowest BCUT2D eigenvalue weighted by Gasteiger charge is -2.31. The third-order valence-corrected chi connectivity index (χ3v) is 3.58. The average molecular weight is 198 g/mol. The first-order valence-electron chi connectivity index (χ1n) is 5.91. The van der Waals surface area contributed by atoms with Crippen LogP contribution in [0.1, 0.15) is 25.7 Å². The van der Waals surface area contributed by atoms with Gasteiger partial charge in [-0.1, -0.05) is 6.42 Å². The number of likely N-dealkylation sites (N-methyl/N-ethyl adjacent to an activating group) is 1. The first-order valence-corrected chi connectivity index (χ1v) is 5.91. The minimum Gasteiger partial charge on any atom is -0.380 e. The Labute approximate surface area is 86.8 Å². The van der Waals surface area contributed by atoms with Crippen molar-refractivity contribution in [3.63, 3.8) is 0 Å². The standard InChI is InChI=1S/C11H22N2O/c1-12-10-4-2-5-11(10)13-6-3-8-14-9-7-13/h10-12H,2-9H2,1H3. The fraction of sp³-hybridized carbons (Fsp3) is 1.00. The molecular formula is C11H22N2O. The summed E-state index contributed by atoms with van der Waals surface area (Å²) in [6.07, 6.45) is 5.30. The zero-order valence-electron chi connectivity index (χ0n) is 9.17. The molecule has 1 saturated carbocycles. The van der Waals surface area contributed by atoms with Gasteiger partial charge in [-0.2, -0.15) is 0 Å². The fourth-order valence-corrected chi connectivity index (χ4v) is 2.81. The van der Waals surface area contributed by atoms with Gasteiger partial charge in [-0.3, -0.25) is 4.90 Å². The van der Waals surface area contributed by atoms with Gasteiger partial charge in [0.05, 0.1) is 6.61 Å². The normalized spacial score (nSPS) is 35.8. The van der Waals surface area contributed by atoms with Crippen molar-refractivity contribution < 1.29 is 4.74 Å². The molecule has 0 aromatic heterocycles. The van der Waals surface area contributed by atoms with E-state index in [-0.39, 0.29) is 0 Å². The minimum absolute atomic E-state index is 0.716. The second kappa shape index (κ2) is 5.10. The van der Waals surface area contributed by atoms with Crippen molar-refractivity contribution >= 4 is 0 Å². The minimum atomic E-state index is 0.716. The molecule has 0 spiro atoms. The number of hydrogen-bond acceptors (Lipinski definition) is 3. The van der Waals surface area contributed by atoms with Gasteiger partial charge in [-0.05, 0) is 26.3 Å². The Morgan fingerprint density at radius 3 is 2.93 bits per heavy atom. The highest BCUT2D eigenvalue weighted by Gasteiger charge is 2.30. The number of ether oxygens (including phenoxy) is 1. The van der Waals surface area contributed by atoms with Gasteiger partial charge in [-0.15, -0.1) is 0 Å². The molecule has 1 aliphatic carbocycles. The topological polar surface area (TPSA) is 24.5 Å². The summed E-state index contributed by atoms with van der Waals surface area (Å²) in [6.45, 7) is 4.23. The molecular weight excluding hydrogens is 176 g/mol. The zero-order chi connectivity index (χ0) is 9.80. The molecule has 0 bridgehead atoms. The van der Waals surface area contributed by atoms with Crippen LogP contribution in [0.2, 0.25) is 0 Å². The highest BCUT2D eigenvalue weighted by atomic mass is 16.5. The van der Waals surface area contributed by atoms with E-state index >= 15 is 0 Å². The van der Waals surface area contributed by atoms with Gasteiger partial charge in [0.2, 0.25) is 0 Å². The lowest BCUT2D eigenvalue weighted by Crippen LogP contribution is -2.46. The Balaban J connectivity index is 1.91. The van der Waals surface area contributed by atoms with Gasteiger partial charge in [0.1, 0.15) is 0 Å². The molecule has 1 saturated heterocycles. The van der Waals surface area contributed by atoms with Gasteiger partial charge in [-0.25, -0.2) is 0 Å². The maximum atomic E-state index is 5.49. The second-order valence-electron chi connectivity index (χ2n) is 4.40. The van der Waals surface area contributed by atoms with Crippen LogP contribution < -0.4 is 5.32 Å². The Bertz CT molecular complexity index is 167. The van der Waals surface area contributed by atoms with E-state index in [1.807, 2.05) is 0 Å². The summed E-state index contributed by atoms with van der Waals surface area (Å²) in [4.78, 5) is 2.63. The van der Waals surface area contributed by atoms with Crippen LogP contribution in [0.3, 0.4) is 0 Å². The van der Waals surface area contributed by atoms with Crippen LogP contribution in [0, 0.1) is 0 Å². The Morgan fingerprint density at radius 1 is 1.14 bits per heavy atom. The van der Waals surface area contributed by atoms with Crippen molar-refractivity contribution in [2.24, 2.45) is 0 Å². The molecule has 0 amide bonds. The van der Waals surface area contributed by atoms with Crippen molar-refractivity contribution in [3.05, 3.63) is 0 Å². The molecule has 2 atom stereocenters. The average Bonchev–Trinajstić information content (AvgIpc) is 2.52. The summed E-state index contributed by atoms with van der Waals surface area (Å²) in [6, 6.07) is 1.48. The van der Waals surface area contributed by atoms with Crippen LogP contribution in [0.4, 0.5) is 0 Å². The SMILES string of the molecule is CNC1CCCC1N1CCCOCC1. The van der Waals surface area contributed by atoms with Gasteiger partial charge in [0.25, 0.3) is 0 Å². The van der Waals surface area contributed by atoms with E-state index in [0.717, 1.165) is 25.8 Å². The molecule has 3 heteroatoms. The van der Waals surface area contributed by atoms with E-state index in [0.29, 0.717) is 6.04 Å². The predicted octanol–water partition coefficient (Wildman–Crippen LogP) is 0.849. The molecule has 2 fully saturated rings. The molecule has 1 N–H and O–H groups in total. The molecule has 0 aromatic rings. The number of rotatable bonds is 2. The van der Waals surface area contributed by atoms with E-state index in [2.05, 4.69) is 17.3 Å². The largest absolute Gasteiger partial charge is 0.380 e.